The van der Waals surface area contributed by atoms with Gasteiger partial charge in [0.2, 0.25) is 5.91 Å². The minimum Gasteiger partial charge on any atom is -0.378 e. The Kier molecular flexibility index (Phi) is 4.71. The predicted octanol–water partition coefficient (Wildman–Crippen LogP) is 1.38. The van der Waals surface area contributed by atoms with Crippen LogP contribution in [0.25, 0.3) is 0 Å². The van der Waals surface area contributed by atoms with Crippen molar-refractivity contribution in [3.63, 3.8) is 0 Å². The molecule has 2 fully saturated rings. The van der Waals surface area contributed by atoms with Crippen LogP contribution in [0, 0.1) is 11.3 Å². The minimum atomic E-state index is -0.0511. The Labute approximate surface area is 131 Å². The van der Waals surface area contributed by atoms with Crippen LogP contribution >= 0.6 is 0 Å². The Morgan fingerprint density at radius 3 is 2.82 bits per heavy atom. The molecular formula is C17H21N3O2. The van der Waals surface area contributed by atoms with Crippen LogP contribution in [0.5, 0.6) is 0 Å². The summed E-state index contributed by atoms with van der Waals surface area (Å²) in [7, 11) is 0. The molecule has 0 aromatic heterocycles. The van der Waals surface area contributed by atoms with Crippen LogP contribution in [0.3, 0.4) is 0 Å². The van der Waals surface area contributed by atoms with Gasteiger partial charge in [-0.05, 0) is 31.0 Å². The molecule has 0 radical (unpaired) electrons. The number of hydrogen-bond acceptors (Lipinski definition) is 4. The molecule has 1 aromatic rings. The SMILES string of the molecule is N#Cc1ccccc1CN1CCCC1C(=O)N1CCOCC1. The molecule has 0 aliphatic carbocycles. The van der Waals surface area contributed by atoms with E-state index in [1.807, 2.05) is 29.2 Å². The molecule has 0 bridgehead atoms. The maximum absolute atomic E-state index is 12.7. The Balaban J connectivity index is 1.70. The van der Waals surface area contributed by atoms with Crippen LogP contribution in [0.4, 0.5) is 0 Å². The van der Waals surface area contributed by atoms with Crippen LogP contribution < -0.4 is 0 Å². The topological polar surface area (TPSA) is 56.6 Å². The third kappa shape index (κ3) is 3.13. The number of nitrogens with zero attached hydrogens (tertiary/aromatic N) is 3. The number of ether oxygens (including phenoxy) is 1. The number of likely N-dealkylation sites (tertiary alicyclic amines) is 1. The van der Waals surface area contributed by atoms with E-state index in [0.29, 0.717) is 38.4 Å². The Morgan fingerprint density at radius 2 is 2.05 bits per heavy atom. The first-order valence-corrected chi connectivity index (χ1v) is 7.88. The van der Waals surface area contributed by atoms with Crippen LogP contribution in [0.2, 0.25) is 0 Å². The smallest absolute Gasteiger partial charge is 0.240 e. The van der Waals surface area contributed by atoms with Gasteiger partial charge in [-0.1, -0.05) is 18.2 Å². The zero-order valence-corrected chi connectivity index (χ0v) is 12.7. The number of rotatable bonds is 3. The summed E-state index contributed by atoms with van der Waals surface area (Å²) in [5, 5.41) is 9.21. The number of morpholine rings is 1. The van der Waals surface area contributed by atoms with E-state index in [1.54, 1.807) is 0 Å². The summed E-state index contributed by atoms with van der Waals surface area (Å²) in [6.07, 6.45) is 1.94. The summed E-state index contributed by atoms with van der Waals surface area (Å²) in [5.74, 6) is 0.218. The second kappa shape index (κ2) is 6.91. The maximum atomic E-state index is 12.7. The van der Waals surface area contributed by atoms with Crippen molar-refractivity contribution in [2.75, 3.05) is 32.8 Å². The molecule has 1 aromatic carbocycles. The van der Waals surface area contributed by atoms with Gasteiger partial charge in [-0.3, -0.25) is 9.69 Å². The van der Waals surface area contributed by atoms with Gasteiger partial charge in [-0.15, -0.1) is 0 Å². The van der Waals surface area contributed by atoms with Crippen molar-refractivity contribution in [2.24, 2.45) is 0 Å². The van der Waals surface area contributed by atoms with E-state index in [1.165, 1.54) is 0 Å². The second-order valence-electron chi connectivity index (χ2n) is 5.84. The molecule has 2 aliphatic heterocycles. The molecule has 2 aliphatic rings. The number of amides is 1. The van der Waals surface area contributed by atoms with Gasteiger partial charge >= 0.3 is 0 Å². The Morgan fingerprint density at radius 1 is 1.27 bits per heavy atom. The Bertz CT molecular complexity index is 576. The summed E-state index contributed by atoms with van der Waals surface area (Å²) in [4.78, 5) is 16.9. The highest BCUT2D eigenvalue weighted by molar-refractivity contribution is 5.82. The lowest BCUT2D eigenvalue weighted by Crippen LogP contribution is -2.49. The fourth-order valence-electron chi connectivity index (χ4n) is 3.28. The molecule has 1 amide bonds. The monoisotopic (exact) mass is 299 g/mol. The van der Waals surface area contributed by atoms with Crippen LogP contribution in [-0.2, 0) is 16.1 Å². The number of carbonyl (C=O) groups is 1. The van der Waals surface area contributed by atoms with E-state index in [0.717, 1.165) is 24.9 Å². The standard InChI is InChI=1S/C17H21N3O2/c18-12-14-4-1-2-5-15(14)13-20-7-3-6-16(20)17(21)19-8-10-22-11-9-19/h1-2,4-5,16H,3,6-11,13H2. The lowest BCUT2D eigenvalue weighted by molar-refractivity contribution is -0.140. The molecule has 1 atom stereocenters. The maximum Gasteiger partial charge on any atom is 0.240 e. The number of carbonyl (C=O) groups excluding carboxylic acids is 1. The first-order valence-electron chi connectivity index (χ1n) is 7.88. The average molecular weight is 299 g/mol. The highest BCUT2D eigenvalue weighted by Gasteiger charge is 2.34. The first kappa shape index (κ1) is 15.0. The molecular weight excluding hydrogens is 278 g/mol. The summed E-state index contributed by atoms with van der Waals surface area (Å²) in [5.41, 5.74) is 1.71. The summed E-state index contributed by atoms with van der Waals surface area (Å²) in [6, 6.07) is 9.83. The van der Waals surface area contributed by atoms with Crippen LogP contribution in [0.1, 0.15) is 24.0 Å². The van der Waals surface area contributed by atoms with E-state index >= 15 is 0 Å². The molecule has 3 rings (SSSR count). The van der Waals surface area contributed by atoms with Crippen molar-refractivity contribution < 1.29 is 9.53 Å². The van der Waals surface area contributed by atoms with Gasteiger partial charge in [-0.2, -0.15) is 5.26 Å². The summed E-state index contributed by atoms with van der Waals surface area (Å²) in [6.45, 7) is 4.24. The van der Waals surface area contributed by atoms with Gasteiger partial charge in [0.15, 0.2) is 0 Å². The van der Waals surface area contributed by atoms with Gasteiger partial charge < -0.3 is 9.64 Å². The van der Waals surface area contributed by atoms with Crippen molar-refractivity contribution in [3.05, 3.63) is 35.4 Å². The molecule has 0 saturated carbocycles. The highest BCUT2D eigenvalue weighted by Crippen LogP contribution is 2.23. The van der Waals surface area contributed by atoms with Crippen molar-refractivity contribution in [1.29, 1.82) is 5.26 Å². The predicted molar refractivity (Wildman–Crippen MR) is 82.0 cm³/mol. The molecule has 116 valence electrons. The number of nitriles is 1. The third-order valence-corrected chi connectivity index (χ3v) is 4.48. The molecule has 22 heavy (non-hydrogen) atoms. The van der Waals surface area contributed by atoms with E-state index in [2.05, 4.69) is 11.0 Å². The van der Waals surface area contributed by atoms with Crippen molar-refractivity contribution >= 4 is 5.91 Å². The highest BCUT2D eigenvalue weighted by atomic mass is 16.5. The normalized spacial score (nSPS) is 22.5. The fraction of sp³-hybridized carbons (Fsp3) is 0.529. The van der Waals surface area contributed by atoms with Crippen molar-refractivity contribution in [3.8, 4) is 6.07 Å². The molecule has 0 spiro atoms. The molecule has 5 heteroatoms. The quantitative estimate of drug-likeness (QED) is 0.846. The largest absolute Gasteiger partial charge is 0.378 e. The van der Waals surface area contributed by atoms with E-state index in [-0.39, 0.29) is 11.9 Å². The number of benzene rings is 1. The average Bonchev–Trinajstić information content (AvgIpc) is 3.03. The van der Waals surface area contributed by atoms with Gasteiger partial charge in [0.1, 0.15) is 0 Å². The molecule has 2 heterocycles. The second-order valence-corrected chi connectivity index (χ2v) is 5.84. The lowest BCUT2D eigenvalue weighted by atomic mass is 10.1. The van der Waals surface area contributed by atoms with Gasteiger partial charge in [0.05, 0.1) is 30.9 Å². The van der Waals surface area contributed by atoms with E-state index < -0.39 is 0 Å². The van der Waals surface area contributed by atoms with Crippen LogP contribution in [-0.4, -0.2) is 54.6 Å². The molecule has 2 saturated heterocycles. The van der Waals surface area contributed by atoms with Crippen LogP contribution in [0.15, 0.2) is 24.3 Å². The zero-order chi connectivity index (χ0) is 15.4. The summed E-state index contributed by atoms with van der Waals surface area (Å²) < 4.78 is 5.32. The summed E-state index contributed by atoms with van der Waals surface area (Å²) >= 11 is 0. The lowest BCUT2D eigenvalue weighted by Gasteiger charge is -2.32. The minimum absolute atomic E-state index is 0.0511. The van der Waals surface area contributed by atoms with Gasteiger partial charge in [0, 0.05) is 19.6 Å². The molecule has 5 nitrogen and oxygen atoms in total. The van der Waals surface area contributed by atoms with Gasteiger partial charge in [-0.25, -0.2) is 0 Å². The fourth-order valence-corrected chi connectivity index (χ4v) is 3.28. The van der Waals surface area contributed by atoms with Crippen molar-refractivity contribution in [1.82, 2.24) is 9.80 Å². The van der Waals surface area contributed by atoms with Crippen molar-refractivity contribution in [2.45, 2.75) is 25.4 Å². The number of hydrogen-bond donors (Lipinski definition) is 0. The molecule has 0 N–H and O–H groups in total. The van der Waals surface area contributed by atoms with E-state index in [9.17, 15) is 10.1 Å². The Hall–Kier alpha value is -1.90. The third-order valence-electron chi connectivity index (χ3n) is 4.48. The first-order chi connectivity index (χ1) is 10.8. The van der Waals surface area contributed by atoms with E-state index in [4.69, 9.17) is 4.74 Å². The zero-order valence-electron chi connectivity index (χ0n) is 12.7. The molecule has 1 unspecified atom stereocenters. The van der Waals surface area contributed by atoms with Gasteiger partial charge in [0.25, 0.3) is 0 Å².